The van der Waals surface area contributed by atoms with E-state index in [1.807, 2.05) is 33.2 Å². The normalized spacial score (nSPS) is 26.3. The Kier molecular flexibility index (Phi) is 4.12. The van der Waals surface area contributed by atoms with E-state index in [0.717, 1.165) is 11.1 Å². The van der Waals surface area contributed by atoms with Crippen LogP contribution in [0.3, 0.4) is 0 Å². The maximum atomic E-state index is 13.8. The van der Waals surface area contributed by atoms with Crippen molar-refractivity contribution in [3.05, 3.63) is 59.2 Å². The van der Waals surface area contributed by atoms with Gasteiger partial charge in [0.2, 0.25) is 0 Å². The predicted molar refractivity (Wildman–Crippen MR) is 103 cm³/mol. The van der Waals surface area contributed by atoms with Crippen LogP contribution in [0.5, 0.6) is 0 Å². The summed E-state index contributed by atoms with van der Waals surface area (Å²) in [5, 5.41) is 12.1. The molecule has 0 atom stereocenters. The zero-order valence-electron chi connectivity index (χ0n) is 16.2. The molecule has 0 bridgehead atoms. The molecule has 4 rings (SSSR count). The topological polar surface area (TPSA) is 72.3 Å². The molecule has 1 N–H and O–H groups in total. The molecule has 7 heteroatoms. The molecule has 2 heterocycles. The van der Waals surface area contributed by atoms with Gasteiger partial charge in [0.25, 0.3) is 0 Å². The summed E-state index contributed by atoms with van der Waals surface area (Å²) in [5.41, 5.74) is 2.12. The molecule has 1 saturated carbocycles. The molecule has 1 spiro atoms. The molecule has 2 aliphatic rings. The Morgan fingerprint density at radius 3 is 2.68 bits per heavy atom. The zero-order chi connectivity index (χ0) is 20.1. The number of urea groups is 1. The molecular weight excluding hydrogens is 357 g/mol. The smallest absolute Gasteiger partial charge is 0.322 e. The van der Waals surface area contributed by atoms with Crippen LogP contribution in [-0.4, -0.2) is 42.1 Å². The van der Waals surface area contributed by atoms with Crippen molar-refractivity contribution in [2.45, 2.75) is 30.8 Å². The van der Waals surface area contributed by atoms with Gasteiger partial charge in [-0.15, -0.1) is 0 Å². The van der Waals surface area contributed by atoms with Crippen molar-refractivity contribution < 1.29 is 9.18 Å². The lowest BCUT2D eigenvalue weighted by Gasteiger charge is -2.57. The first-order valence-electron chi connectivity index (χ1n) is 9.19. The molecule has 1 aromatic heterocycles. The maximum Gasteiger partial charge on any atom is 0.322 e. The van der Waals surface area contributed by atoms with E-state index in [-0.39, 0.29) is 22.9 Å². The minimum Gasteiger partial charge on any atom is -0.330 e. The Morgan fingerprint density at radius 1 is 1.32 bits per heavy atom. The first kappa shape index (κ1) is 18.4. The monoisotopic (exact) mass is 379 g/mol. The van der Waals surface area contributed by atoms with Crippen LogP contribution in [0.1, 0.15) is 29.7 Å². The minimum absolute atomic E-state index is 0.166. The highest BCUT2D eigenvalue weighted by molar-refractivity contribution is 5.96. The molecule has 1 saturated heterocycles. The van der Waals surface area contributed by atoms with Gasteiger partial charge in [0, 0.05) is 0 Å². The molecule has 2 amide bonds. The maximum absolute atomic E-state index is 13.8. The number of aromatic nitrogens is 1. The number of anilines is 1. The zero-order valence-corrected chi connectivity index (χ0v) is 16.2. The summed E-state index contributed by atoms with van der Waals surface area (Å²) in [4.78, 5) is 20.6. The average Bonchev–Trinajstić information content (AvgIpc) is 2.97. The van der Waals surface area contributed by atoms with Gasteiger partial charge in [0.05, 0.1) is 29.5 Å². The average molecular weight is 379 g/mol. The van der Waals surface area contributed by atoms with Gasteiger partial charge >= 0.3 is 6.03 Å². The number of hydrogen-bond donors (Lipinski definition) is 1. The minimum atomic E-state index is -0.367. The quantitative estimate of drug-likeness (QED) is 0.890. The number of nitrogens with zero attached hydrogens (tertiary/aromatic N) is 4. The van der Waals surface area contributed by atoms with E-state index < -0.39 is 0 Å². The van der Waals surface area contributed by atoms with Crippen LogP contribution in [0.4, 0.5) is 14.9 Å². The van der Waals surface area contributed by atoms with Gasteiger partial charge in [-0.2, -0.15) is 5.26 Å². The number of halogens is 1. The second-order valence-corrected chi connectivity index (χ2v) is 8.05. The lowest BCUT2D eigenvalue weighted by molar-refractivity contribution is -0.0171. The number of benzene rings is 1. The number of rotatable bonds is 3. The van der Waals surface area contributed by atoms with Gasteiger partial charge in [0.15, 0.2) is 0 Å². The summed E-state index contributed by atoms with van der Waals surface area (Å²) in [7, 11) is 3.97. The van der Waals surface area contributed by atoms with E-state index in [9.17, 15) is 9.18 Å². The van der Waals surface area contributed by atoms with Gasteiger partial charge in [0.1, 0.15) is 17.6 Å². The lowest BCUT2D eigenvalue weighted by Crippen LogP contribution is -2.66. The Bertz CT molecular complexity index is 991. The van der Waals surface area contributed by atoms with Crippen LogP contribution in [0.25, 0.3) is 0 Å². The van der Waals surface area contributed by atoms with E-state index in [1.54, 1.807) is 29.3 Å². The van der Waals surface area contributed by atoms with Crippen LogP contribution < -0.4 is 10.2 Å². The van der Waals surface area contributed by atoms with Crippen molar-refractivity contribution in [1.82, 2.24) is 15.2 Å². The van der Waals surface area contributed by atoms with E-state index >= 15 is 0 Å². The number of pyridine rings is 1. The van der Waals surface area contributed by atoms with E-state index in [4.69, 9.17) is 5.26 Å². The molecule has 1 aliphatic heterocycles. The summed E-state index contributed by atoms with van der Waals surface area (Å²) in [6.07, 6.45) is 2.97. The summed E-state index contributed by atoms with van der Waals surface area (Å²) in [6.45, 7) is 2.39. The van der Waals surface area contributed by atoms with Gasteiger partial charge in [-0.3, -0.25) is 9.80 Å². The van der Waals surface area contributed by atoms with Crippen molar-refractivity contribution in [2.75, 3.05) is 25.5 Å². The number of nitrogens with one attached hydrogen (secondary N) is 1. The number of aryl methyl sites for hydroxylation is 1. The largest absolute Gasteiger partial charge is 0.330 e. The fraction of sp³-hybridized carbons (Fsp3) is 0.381. The predicted octanol–water partition coefficient (Wildman–Crippen LogP) is 2.92. The van der Waals surface area contributed by atoms with Gasteiger partial charge < -0.3 is 5.32 Å². The number of carbonyl (C=O) groups is 1. The lowest BCUT2D eigenvalue weighted by atomic mass is 9.59. The Labute approximate surface area is 163 Å². The summed E-state index contributed by atoms with van der Waals surface area (Å²) >= 11 is 0. The third-order valence-corrected chi connectivity index (χ3v) is 6.05. The van der Waals surface area contributed by atoms with Gasteiger partial charge in [-0.1, -0.05) is 12.1 Å². The molecule has 0 unspecified atom stereocenters. The highest BCUT2D eigenvalue weighted by Gasteiger charge is 2.61. The molecule has 2 fully saturated rings. The second kappa shape index (κ2) is 6.28. The highest BCUT2D eigenvalue weighted by atomic mass is 19.1. The number of nitriles is 1. The first-order valence-corrected chi connectivity index (χ1v) is 9.19. The fourth-order valence-electron chi connectivity index (χ4n) is 4.62. The SMILES string of the molecule is Cc1cc(C#N)ncc1N1CC2(CC(c3cccc(F)c3)(N(C)C)C2)NC1=O. The summed E-state index contributed by atoms with van der Waals surface area (Å²) < 4.78 is 13.8. The van der Waals surface area contributed by atoms with Crippen LogP contribution in [0.2, 0.25) is 0 Å². The molecule has 28 heavy (non-hydrogen) atoms. The van der Waals surface area contributed by atoms with Crippen molar-refractivity contribution in [3.8, 4) is 6.07 Å². The third kappa shape index (κ3) is 2.72. The Hall–Kier alpha value is -2.98. The van der Waals surface area contributed by atoms with E-state index in [2.05, 4.69) is 15.2 Å². The molecule has 1 aliphatic carbocycles. The van der Waals surface area contributed by atoms with Gasteiger partial charge in [-0.25, -0.2) is 14.2 Å². The van der Waals surface area contributed by atoms with E-state index in [0.29, 0.717) is 30.8 Å². The van der Waals surface area contributed by atoms with Crippen LogP contribution in [-0.2, 0) is 5.54 Å². The number of hydrogen-bond acceptors (Lipinski definition) is 4. The molecule has 2 aromatic rings. The molecule has 1 aromatic carbocycles. The van der Waals surface area contributed by atoms with Crippen molar-refractivity contribution >= 4 is 11.7 Å². The van der Waals surface area contributed by atoms with E-state index in [1.165, 1.54) is 6.07 Å². The molecule has 144 valence electrons. The van der Waals surface area contributed by atoms with Crippen LogP contribution in [0, 0.1) is 24.1 Å². The molecule has 6 nitrogen and oxygen atoms in total. The molecular formula is C21H22FN5O. The summed E-state index contributed by atoms with van der Waals surface area (Å²) in [6, 6.07) is 10.2. The molecule has 0 radical (unpaired) electrons. The Morgan fingerprint density at radius 2 is 2.07 bits per heavy atom. The second-order valence-electron chi connectivity index (χ2n) is 8.05. The Balaban J connectivity index is 1.60. The number of carbonyl (C=O) groups excluding carboxylic acids is 1. The third-order valence-electron chi connectivity index (χ3n) is 6.05. The van der Waals surface area contributed by atoms with Crippen LogP contribution in [0.15, 0.2) is 36.5 Å². The van der Waals surface area contributed by atoms with Gasteiger partial charge in [-0.05, 0) is 63.2 Å². The van der Waals surface area contributed by atoms with Crippen molar-refractivity contribution in [3.63, 3.8) is 0 Å². The highest BCUT2D eigenvalue weighted by Crippen LogP contribution is 2.53. The first-order chi connectivity index (χ1) is 13.3. The van der Waals surface area contributed by atoms with Crippen molar-refractivity contribution in [2.24, 2.45) is 0 Å². The number of amides is 2. The van der Waals surface area contributed by atoms with Crippen molar-refractivity contribution in [1.29, 1.82) is 5.26 Å². The van der Waals surface area contributed by atoms with Crippen LogP contribution >= 0.6 is 0 Å². The fourth-order valence-corrected chi connectivity index (χ4v) is 4.62. The summed E-state index contributed by atoms with van der Waals surface area (Å²) in [5.74, 6) is -0.254. The standard InChI is InChI=1S/C21H22FN5O/c1-14-7-17(9-23)24-10-18(14)27-13-20(25-19(27)28)11-21(12-20,26(2)3)15-5-4-6-16(22)8-15/h4-8,10H,11-13H2,1-3H3,(H,25,28).